The van der Waals surface area contributed by atoms with E-state index in [1.54, 1.807) is 31.3 Å². The molecular formula is C22H29IN6O2S. The van der Waals surface area contributed by atoms with E-state index in [0.717, 1.165) is 22.6 Å². The predicted molar refractivity (Wildman–Crippen MR) is 139 cm³/mol. The molecule has 0 spiro atoms. The van der Waals surface area contributed by atoms with E-state index >= 15 is 0 Å². The fourth-order valence-corrected chi connectivity index (χ4v) is 4.08. The first-order chi connectivity index (χ1) is 14.9. The van der Waals surface area contributed by atoms with Crippen molar-refractivity contribution in [3.05, 3.63) is 72.2 Å². The summed E-state index contributed by atoms with van der Waals surface area (Å²) >= 11 is 0. The summed E-state index contributed by atoms with van der Waals surface area (Å²) in [4.78, 5) is 14.2. The summed E-state index contributed by atoms with van der Waals surface area (Å²) in [7, 11) is 0.0541. The number of aromatic nitrogens is 2. The molecule has 32 heavy (non-hydrogen) atoms. The Morgan fingerprint density at radius 3 is 2.44 bits per heavy atom. The second-order valence-corrected chi connectivity index (χ2v) is 8.92. The average Bonchev–Trinajstić information content (AvgIpc) is 3.23. The third kappa shape index (κ3) is 7.04. The van der Waals surface area contributed by atoms with Crippen LogP contribution in [0.1, 0.15) is 11.4 Å². The molecule has 0 aliphatic rings. The van der Waals surface area contributed by atoms with E-state index in [0.29, 0.717) is 19.0 Å². The number of nitrogens with one attached hydrogen (secondary N) is 3. The van der Waals surface area contributed by atoms with Crippen LogP contribution in [0.4, 0.5) is 0 Å². The van der Waals surface area contributed by atoms with Gasteiger partial charge < -0.3 is 15.2 Å². The summed E-state index contributed by atoms with van der Waals surface area (Å²) in [5, 5.41) is 3.17. The number of sulfonamides is 1. The second kappa shape index (κ2) is 12.0. The quantitative estimate of drug-likeness (QED) is 0.168. The third-order valence-corrected chi connectivity index (χ3v) is 6.18. The first-order valence-electron chi connectivity index (χ1n) is 9.96. The first kappa shape index (κ1) is 25.8. The monoisotopic (exact) mass is 568 g/mol. The molecule has 0 saturated carbocycles. The van der Waals surface area contributed by atoms with Crippen molar-refractivity contribution in [3.8, 4) is 11.3 Å². The number of nitrogens with zero attached hydrogens (tertiary/aromatic N) is 3. The smallest absolute Gasteiger partial charge is 0.240 e. The van der Waals surface area contributed by atoms with E-state index in [1.165, 1.54) is 0 Å². The third-order valence-electron chi connectivity index (χ3n) is 4.71. The number of H-pyrrole nitrogens is 1. The summed E-state index contributed by atoms with van der Waals surface area (Å²) in [6.45, 7) is 3.08. The number of aliphatic imine (C=N–C) groups is 1. The normalized spacial score (nSPS) is 11.7. The highest BCUT2D eigenvalue weighted by atomic mass is 127. The minimum atomic E-state index is -3.53. The first-order valence-corrected chi connectivity index (χ1v) is 11.4. The van der Waals surface area contributed by atoms with Crippen LogP contribution in [0, 0.1) is 6.92 Å². The van der Waals surface area contributed by atoms with Gasteiger partial charge in [0.05, 0.1) is 23.3 Å². The van der Waals surface area contributed by atoms with Crippen LogP contribution < -0.4 is 10.0 Å². The Balaban J connectivity index is 0.00000363. The molecule has 0 amide bonds. The molecule has 0 unspecified atom stereocenters. The molecule has 3 rings (SSSR count). The number of rotatable bonds is 8. The molecule has 172 valence electrons. The van der Waals surface area contributed by atoms with E-state index in [-0.39, 0.29) is 35.4 Å². The van der Waals surface area contributed by atoms with Gasteiger partial charge in [-0.3, -0.25) is 4.99 Å². The summed E-state index contributed by atoms with van der Waals surface area (Å²) in [5.74, 6) is 1.46. The molecule has 10 heteroatoms. The topological polar surface area (TPSA) is 102 Å². The van der Waals surface area contributed by atoms with Crippen LogP contribution >= 0.6 is 24.0 Å². The molecule has 0 fully saturated rings. The van der Waals surface area contributed by atoms with Gasteiger partial charge >= 0.3 is 0 Å². The molecule has 0 saturated heterocycles. The van der Waals surface area contributed by atoms with Crippen LogP contribution in [-0.4, -0.2) is 56.4 Å². The number of benzene rings is 2. The Bertz CT molecular complexity index is 1110. The standard InChI is InChI=1S/C22H28N6O2S.HI/c1-17-9-11-19(12-10-17)31(29,30)26-14-13-24-22(23-2)28(3)16-21-25-15-20(27-21)18-7-5-4-6-8-18;/h4-12,15,26H,13-14,16H2,1-3H3,(H,23,24)(H,25,27);1H. The zero-order chi connectivity index (χ0) is 22.3. The zero-order valence-corrected chi connectivity index (χ0v) is 21.5. The van der Waals surface area contributed by atoms with Gasteiger partial charge in [0.2, 0.25) is 10.0 Å². The number of halogens is 1. The Kier molecular flexibility index (Phi) is 9.66. The number of hydrogen-bond donors (Lipinski definition) is 3. The van der Waals surface area contributed by atoms with E-state index in [9.17, 15) is 8.42 Å². The SMILES string of the molecule is CN=C(NCCNS(=O)(=O)c1ccc(C)cc1)N(C)Cc1ncc(-c2ccccc2)[nH]1.I. The lowest BCUT2D eigenvalue weighted by Crippen LogP contribution is -2.42. The van der Waals surface area contributed by atoms with Crippen molar-refractivity contribution in [2.75, 3.05) is 27.2 Å². The lowest BCUT2D eigenvalue weighted by atomic mass is 10.2. The molecule has 1 heterocycles. The van der Waals surface area contributed by atoms with E-state index in [2.05, 4.69) is 25.0 Å². The van der Waals surface area contributed by atoms with Crippen LogP contribution in [0.5, 0.6) is 0 Å². The van der Waals surface area contributed by atoms with Gasteiger partial charge in [0.25, 0.3) is 0 Å². The highest BCUT2D eigenvalue weighted by molar-refractivity contribution is 14.0. The molecule has 8 nitrogen and oxygen atoms in total. The van der Waals surface area contributed by atoms with Crippen molar-refractivity contribution in [1.82, 2.24) is 24.9 Å². The van der Waals surface area contributed by atoms with Gasteiger partial charge in [-0.05, 0) is 24.6 Å². The molecule has 2 aromatic carbocycles. The summed E-state index contributed by atoms with van der Waals surface area (Å²) < 4.78 is 27.3. The molecule has 0 aliphatic heterocycles. The Hall–Kier alpha value is -2.44. The highest BCUT2D eigenvalue weighted by Crippen LogP contribution is 2.16. The molecule has 0 atom stereocenters. The fourth-order valence-electron chi connectivity index (χ4n) is 3.05. The maximum absolute atomic E-state index is 12.4. The van der Waals surface area contributed by atoms with E-state index in [4.69, 9.17) is 0 Å². The van der Waals surface area contributed by atoms with Crippen LogP contribution in [-0.2, 0) is 16.6 Å². The second-order valence-electron chi connectivity index (χ2n) is 7.15. The zero-order valence-electron chi connectivity index (χ0n) is 18.4. The van der Waals surface area contributed by atoms with Crippen LogP contribution in [0.25, 0.3) is 11.3 Å². The largest absolute Gasteiger partial charge is 0.355 e. The van der Waals surface area contributed by atoms with Gasteiger partial charge in [-0.2, -0.15) is 0 Å². The van der Waals surface area contributed by atoms with Crippen molar-refractivity contribution in [2.24, 2.45) is 4.99 Å². The molecule has 3 N–H and O–H groups in total. The van der Waals surface area contributed by atoms with Gasteiger partial charge in [-0.1, -0.05) is 48.0 Å². The van der Waals surface area contributed by atoms with Crippen molar-refractivity contribution >= 4 is 40.0 Å². The lowest BCUT2D eigenvalue weighted by molar-refractivity contribution is 0.464. The van der Waals surface area contributed by atoms with Crippen LogP contribution in [0.2, 0.25) is 0 Å². The van der Waals surface area contributed by atoms with Gasteiger partial charge in [-0.25, -0.2) is 18.1 Å². The number of imidazole rings is 1. The average molecular weight is 568 g/mol. The summed E-state index contributed by atoms with van der Waals surface area (Å²) in [6.07, 6.45) is 1.81. The van der Waals surface area contributed by atoms with Gasteiger partial charge in [0.1, 0.15) is 5.82 Å². The maximum Gasteiger partial charge on any atom is 0.240 e. The molecule has 1 aromatic heterocycles. The molecule has 0 aliphatic carbocycles. The fraction of sp³-hybridized carbons (Fsp3) is 0.273. The molecule has 0 radical (unpaired) electrons. The highest BCUT2D eigenvalue weighted by Gasteiger charge is 2.14. The van der Waals surface area contributed by atoms with E-state index in [1.807, 2.05) is 55.4 Å². The number of aryl methyl sites for hydroxylation is 1. The van der Waals surface area contributed by atoms with Crippen molar-refractivity contribution < 1.29 is 8.42 Å². The predicted octanol–water partition coefficient (Wildman–Crippen LogP) is 2.99. The van der Waals surface area contributed by atoms with Crippen LogP contribution in [0.3, 0.4) is 0 Å². The van der Waals surface area contributed by atoms with Crippen molar-refractivity contribution in [1.29, 1.82) is 0 Å². The number of aromatic amines is 1. The van der Waals surface area contributed by atoms with Crippen LogP contribution in [0.15, 0.2) is 70.7 Å². The molecule has 0 bridgehead atoms. The number of hydrogen-bond acceptors (Lipinski definition) is 4. The van der Waals surface area contributed by atoms with Gasteiger partial charge in [0, 0.05) is 27.2 Å². The van der Waals surface area contributed by atoms with Gasteiger partial charge in [0.15, 0.2) is 5.96 Å². The lowest BCUT2D eigenvalue weighted by Gasteiger charge is -2.21. The minimum Gasteiger partial charge on any atom is -0.355 e. The Morgan fingerprint density at radius 1 is 1.09 bits per heavy atom. The summed E-state index contributed by atoms with van der Waals surface area (Å²) in [6, 6.07) is 16.8. The van der Waals surface area contributed by atoms with Crippen molar-refractivity contribution in [3.63, 3.8) is 0 Å². The Labute approximate surface area is 206 Å². The molecular weight excluding hydrogens is 539 g/mol. The molecule has 3 aromatic rings. The summed E-state index contributed by atoms with van der Waals surface area (Å²) in [5.41, 5.74) is 3.05. The van der Waals surface area contributed by atoms with E-state index < -0.39 is 10.0 Å². The minimum absolute atomic E-state index is 0. The maximum atomic E-state index is 12.4. The number of guanidine groups is 1. The van der Waals surface area contributed by atoms with Crippen molar-refractivity contribution in [2.45, 2.75) is 18.4 Å². The van der Waals surface area contributed by atoms with Gasteiger partial charge in [-0.15, -0.1) is 24.0 Å². The Morgan fingerprint density at radius 2 is 1.78 bits per heavy atom.